The molecule has 0 aliphatic carbocycles. The van der Waals surface area contributed by atoms with E-state index in [1.807, 2.05) is 37.3 Å². The lowest BCUT2D eigenvalue weighted by Gasteiger charge is -2.22. The number of para-hydroxylation sites is 1. The van der Waals surface area contributed by atoms with Gasteiger partial charge in [-0.2, -0.15) is 10.2 Å². The summed E-state index contributed by atoms with van der Waals surface area (Å²) in [6.45, 7) is 1.94. The maximum atomic E-state index is 15.3. The molecule has 1 unspecified atom stereocenters. The van der Waals surface area contributed by atoms with E-state index in [1.54, 1.807) is 27.9 Å². The van der Waals surface area contributed by atoms with Crippen LogP contribution in [0.2, 0.25) is 0 Å². The molecule has 0 radical (unpaired) electrons. The Morgan fingerprint density at radius 2 is 1.85 bits per heavy atom. The normalized spacial score (nSPS) is 15.7. The number of rotatable bonds is 5. The zero-order chi connectivity index (χ0) is 23.8. The van der Waals surface area contributed by atoms with E-state index in [2.05, 4.69) is 10.2 Å². The van der Waals surface area contributed by atoms with Gasteiger partial charge in [-0.05, 0) is 49.7 Å². The third-order valence-electron chi connectivity index (χ3n) is 5.93. The Bertz CT molecular complexity index is 1430. The van der Waals surface area contributed by atoms with Gasteiger partial charge in [-0.15, -0.1) is 0 Å². The fraction of sp³-hybridized carbons (Fsp3) is 0.200. The van der Waals surface area contributed by atoms with E-state index in [1.165, 1.54) is 30.1 Å². The molecule has 2 aromatic carbocycles. The summed E-state index contributed by atoms with van der Waals surface area (Å²) in [4.78, 5) is 26.9. The number of hydrogen-bond donors (Lipinski definition) is 0. The summed E-state index contributed by atoms with van der Waals surface area (Å²) in [6.07, 6.45) is 4.09. The van der Waals surface area contributed by atoms with Crippen LogP contribution < -0.4 is 15.1 Å². The Labute approximate surface area is 194 Å². The van der Waals surface area contributed by atoms with Crippen LogP contribution in [0.3, 0.4) is 0 Å². The first-order chi connectivity index (χ1) is 16.5. The zero-order valence-electron chi connectivity index (χ0n) is 18.7. The highest BCUT2D eigenvalue weighted by Gasteiger charge is 2.29. The molecule has 1 aliphatic heterocycles. The standard InChI is InChI=1S/C25H22FN5O3/c1-16-8-11-23(32)30(16)18-9-10-20(19(26)14-18)29-15-22(34-2)25(33)24(28-29)21-12-13-27-31(21)17-6-4-3-5-7-17/h3-7,9-10,12-16H,8,11H2,1-2H3. The van der Waals surface area contributed by atoms with E-state index in [9.17, 15) is 9.59 Å². The predicted octanol–water partition coefficient (Wildman–Crippen LogP) is 3.75. The third-order valence-corrected chi connectivity index (χ3v) is 5.93. The number of methoxy groups -OCH3 is 1. The summed E-state index contributed by atoms with van der Waals surface area (Å²) < 4.78 is 23.4. The smallest absolute Gasteiger partial charge is 0.251 e. The largest absolute Gasteiger partial charge is 0.491 e. The van der Waals surface area contributed by atoms with Crippen molar-refractivity contribution >= 4 is 11.6 Å². The SMILES string of the molecule is COc1cn(-c2ccc(N3C(=O)CCC3C)cc2F)nc(-c2ccnn2-c2ccccc2)c1=O. The molecular formula is C25H22FN5O3. The van der Waals surface area contributed by atoms with Gasteiger partial charge < -0.3 is 9.64 Å². The number of aromatic nitrogens is 4. The molecule has 0 bridgehead atoms. The summed E-state index contributed by atoms with van der Waals surface area (Å²) in [5, 5.41) is 8.77. The highest BCUT2D eigenvalue weighted by molar-refractivity contribution is 5.96. The number of nitrogens with zero attached hydrogens (tertiary/aromatic N) is 5. The molecule has 0 N–H and O–H groups in total. The van der Waals surface area contributed by atoms with Crippen molar-refractivity contribution in [3.63, 3.8) is 0 Å². The van der Waals surface area contributed by atoms with Crippen molar-refractivity contribution in [1.82, 2.24) is 19.6 Å². The first kappa shape index (κ1) is 21.6. The van der Waals surface area contributed by atoms with Crippen LogP contribution in [-0.2, 0) is 4.79 Å². The Hall–Kier alpha value is -4.27. The fourth-order valence-corrected chi connectivity index (χ4v) is 4.22. The van der Waals surface area contributed by atoms with Gasteiger partial charge >= 0.3 is 0 Å². The zero-order valence-corrected chi connectivity index (χ0v) is 18.7. The van der Waals surface area contributed by atoms with Crippen LogP contribution in [0.15, 0.2) is 71.8 Å². The highest BCUT2D eigenvalue weighted by atomic mass is 19.1. The molecule has 4 aromatic rings. The van der Waals surface area contributed by atoms with Crippen molar-refractivity contribution in [3.05, 3.63) is 83.0 Å². The van der Waals surface area contributed by atoms with Crippen LogP contribution in [0.1, 0.15) is 19.8 Å². The highest BCUT2D eigenvalue weighted by Crippen LogP contribution is 2.29. The van der Waals surface area contributed by atoms with Gasteiger partial charge in [-0.25, -0.2) is 13.8 Å². The molecule has 0 spiro atoms. The molecule has 1 atom stereocenters. The number of carbonyl (C=O) groups excluding carboxylic acids is 1. The van der Waals surface area contributed by atoms with Gasteiger partial charge in [0.25, 0.3) is 5.43 Å². The van der Waals surface area contributed by atoms with Crippen LogP contribution in [0, 0.1) is 5.82 Å². The molecule has 0 saturated carbocycles. The predicted molar refractivity (Wildman–Crippen MR) is 125 cm³/mol. The van der Waals surface area contributed by atoms with Crippen molar-refractivity contribution < 1.29 is 13.9 Å². The van der Waals surface area contributed by atoms with Crippen molar-refractivity contribution in [2.24, 2.45) is 0 Å². The van der Waals surface area contributed by atoms with Gasteiger partial charge in [0.05, 0.1) is 30.9 Å². The number of ether oxygens (including phenoxy) is 1. The van der Waals surface area contributed by atoms with Gasteiger partial charge in [0, 0.05) is 18.2 Å². The second-order valence-electron chi connectivity index (χ2n) is 8.07. The lowest BCUT2D eigenvalue weighted by Crippen LogP contribution is -2.30. The summed E-state index contributed by atoms with van der Waals surface area (Å²) >= 11 is 0. The fourth-order valence-electron chi connectivity index (χ4n) is 4.22. The quantitative estimate of drug-likeness (QED) is 0.454. The minimum Gasteiger partial charge on any atom is -0.491 e. The molecule has 5 rings (SSSR count). The van der Waals surface area contributed by atoms with Crippen molar-refractivity contribution in [3.8, 4) is 28.5 Å². The number of benzene rings is 2. The Morgan fingerprint density at radius 1 is 1.06 bits per heavy atom. The molecule has 1 aliphatic rings. The third kappa shape index (κ3) is 3.64. The molecule has 1 amide bonds. The average molecular weight is 459 g/mol. The second-order valence-corrected chi connectivity index (χ2v) is 8.07. The molecule has 34 heavy (non-hydrogen) atoms. The van der Waals surface area contributed by atoms with E-state index in [4.69, 9.17) is 4.74 Å². The van der Waals surface area contributed by atoms with Crippen LogP contribution in [0.5, 0.6) is 5.75 Å². The summed E-state index contributed by atoms with van der Waals surface area (Å²) in [5.74, 6) is -0.595. The van der Waals surface area contributed by atoms with E-state index in [0.29, 0.717) is 17.8 Å². The molecule has 1 fully saturated rings. The first-order valence-electron chi connectivity index (χ1n) is 10.9. The first-order valence-corrected chi connectivity index (χ1v) is 10.9. The molecule has 172 valence electrons. The number of carbonyl (C=O) groups is 1. The topological polar surface area (TPSA) is 82.2 Å². The molecular weight excluding hydrogens is 437 g/mol. The van der Waals surface area contributed by atoms with Crippen molar-refractivity contribution in [2.75, 3.05) is 12.0 Å². The maximum absolute atomic E-state index is 15.3. The molecule has 1 saturated heterocycles. The Kier molecular flexibility index (Phi) is 5.45. The number of halogens is 1. The van der Waals surface area contributed by atoms with Crippen LogP contribution in [-0.4, -0.2) is 38.6 Å². The minimum atomic E-state index is -0.579. The van der Waals surface area contributed by atoms with Crippen LogP contribution >= 0.6 is 0 Å². The van der Waals surface area contributed by atoms with Gasteiger partial charge in [0.1, 0.15) is 5.69 Å². The van der Waals surface area contributed by atoms with Crippen molar-refractivity contribution in [1.29, 1.82) is 0 Å². The second kappa shape index (κ2) is 8.58. The number of amides is 1. The number of anilines is 1. The van der Waals surface area contributed by atoms with Gasteiger partial charge in [0.15, 0.2) is 17.3 Å². The van der Waals surface area contributed by atoms with E-state index in [-0.39, 0.29) is 29.1 Å². The Morgan fingerprint density at radius 3 is 2.53 bits per heavy atom. The average Bonchev–Trinajstić information content (AvgIpc) is 3.46. The van der Waals surface area contributed by atoms with Gasteiger partial charge in [0.2, 0.25) is 5.91 Å². The lowest BCUT2D eigenvalue weighted by molar-refractivity contribution is -0.117. The van der Waals surface area contributed by atoms with Crippen LogP contribution in [0.25, 0.3) is 22.8 Å². The molecule has 8 nitrogen and oxygen atoms in total. The van der Waals surface area contributed by atoms with Crippen LogP contribution in [0.4, 0.5) is 10.1 Å². The Balaban J connectivity index is 1.62. The number of hydrogen-bond acceptors (Lipinski definition) is 5. The summed E-state index contributed by atoms with van der Waals surface area (Å²) in [5.41, 5.74) is 1.42. The summed E-state index contributed by atoms with van der Waals surface area (Å²) in [6, 6.07) is 15.5. The van der Waals surface area contributed by atoms with Gasteiger partial charge in [-0.3, -0.25) is 9.59 Å². The minimum absolute atomic E-state index is 0.00763. The maximum Gasteiger partial charge on any atom is 0.251 e. The molecule has 9 heteroatoms. The summed E-state index contributed by atoms with van der Waals surface area (Å²) in [7, 11) is 1.37. The molecule has 2 aromatic heterocycles. The molecule has 3 heterocycles. The van der Waals surface area contributed by atoms with E-state index >= 15 is 4.39 Å². The van der Waals surface area contributed by atoms with Crippen molar-refractivity contribution in [2.45, 2.75) is 25.8 Å². The van der Waals surface area contributed by atoms with Gasteiger partial charge in [-0.1, -0.05) is 18.2 Å². The van der Waals surface area contributed by atoms with E-state index in [0.717, 1.165) is 12.1 Å². The monoisotopic (exact) mass is 459 g/mol. The van der Waals surface area contributed by atoms with E-state index < -0.39 is 11.2 Å². The lowest BCUT2D eigenvalue weighted by atomic mass is 10.2.